The zero-order valence-electron chi connectivity index (χ0n) is 19.7. The normalized spacial score (nSPS) is 23.1. The minimum absolute atomic E-state index is 0.0266. The summed E-state index contributed by atoms with van der Waals surface area (Å²) in [5.41, 5.74) is -0.427. The summed E-state index contributed by atoms with van der Waals surface area (Å²) in [6.07, 6.45) is 3.81. The highest BCUT2D eigenvalue weighted by atomic mass is 19.1. The molecule has 9 heteroatoms. The van der Waals surface area contributed by atoms with Crippen molar-refractivity contribution in [1.82, 2.24) is 4.57 Å². The molecule has 8 nitrogen and oxygen atoms in total. The number of rotatable bonds is 5. The number of pyridine rings is 1. The van der Waals surface area contributed by atoms with Crippen LogP contribution in [0.3, 0.4) is 0 Å². The number of halogens is 1. The van der Waals surface area contributed by atoms with E-state index >= 15 is 4.39 Å². The van der Waals surface area contributed by atoms with E-state index in [0.29, 0.717) is 18.5 Å². The summed E-state index contributed by atoms with van der Waals surface area (Å²) in [5, 5.41) is 20.2. The first-order valence-corrected chi connectivity index (χ1v) is 12.2. The summed E-state index contributed by atoms with van der Waals surface area (Å²) < 4.78 is 28.9. The predicted octanol–water partition coefficient (Wildman–Crippen LogP) is 2.92. The molecule has 2 atom stereocenters. The zero-order valence-corrected chi connectivity index (χ0v) is 19.7. The van der Waals surface area contributed by atoms with Crippen LogP contribution in [0.1, 0.15) is 47.6 Å². The molecule has 0 amide bonds. The van der Waals surface area contributed by atoms with Gasteiger partial charge in [-0.2, -0.15) is 0 Å². The van der Waals surface area contributed by atoms with Crippen LogP contribution >= 0.6 is 0 Å². The Bertz CT molecular complexity index is 1400. The number of benzene rings is 2. The highest BCUT2D eigenvalue weighted by molar-refractivity contribution is 5.98. The molecule has 1 aromatic heterocycles. The second kappa shape index (κ2) is 8.60. The maximum atomic E-state index is 15.6. The van der Waals surface area contributed by atoms with Crippen molar-refractivity contribution in [2.24, 2.45) is 0 Å². The monoisotopic (exact) mass is 494 g/mol. The van der Waals surface area contributed by atoms with Crippen molar-refractivity contribution in [2.75, 3.05) is 24.7 Å². The van der Waals surface area contributed by atoms with Crippen LogP contribution in [0.5, 0.6) is 5.75 Å². The van der Waals surface area contributed by atoms with Crippen molar-refractivity contribution in [3.63, 3.8) is 0 Å². The molecular formula is C27H27FN2O6. The van der Waals surface area contributed by atoms with Crippen molar-refractivity contribution in [1.29, 1.82) is 0 Å². The third kappa shape index (κ3) is 3.83. The summed E-state index contributed by atoms with van der Waals surface area (Å²) in [7, 11) is 0. The highest BCUT2D eigenvalue weighted by Crippen LogP contribution is 2.47. The van der Waals surface area contributed by atoms with Crippen LogP contribution in [0.25, 0.3) is 10.9 Å². The van der Waals surface area contributed by atoms with Crippen LogP contribution in [0, 0.1) is 5.82 Å². The highest BCUT2D eigenvalue weighted by Gasteiger charge is 2.43. The number of anilines is 1. The molecule has 0 radical (unpaired) electrons. The quantitative estimate of drug-likeness (QED) is 0.526. The molecule has 1 saturated carbocycles. The van der Waals surface area contributed by atoms with Gasteiger partial charge in [0.25, 0.3) is 0 Å². The standard InChI is InChI=1S/C27H27FN2O6/c28-21-10-19-22(25-23(21)29-9-8-27(34,15-31)11-18(29)14-35-25)30(17-6-7-17)12-20(24(19)32)26(33)36-13-16-4-2-1-3-5-16/h1-5,10,12,17-18,31,34H,6-9,11,13-15H2/t18-,27?/m1/s1. The van der Waals surface area contributed by atoms with E-state index in [0.717, 1.165) is 18.4 Å². The summed E-state index contributed by atoms with van der Waals surface area (Å²) in [6, 6.07) is 10.1. The Balaban J connectivity index is 1.42. The van der Waals surface area contributed by atoms with Crippen molar-refractivity contribution in [3.05, 3.63) is 69.8 Å². The fourth-order valence-corrected chi connectivity index (χ4v) is 5.36. The Hall–Kier alpha value is -3.43. The fourth-order valence-electron chi connectivity index (χ4n) is 5.36. The molecule has 6 rings (SSSR count). The lowest BCUT2D eigenvalue weighted by Gasteiger charge is -2.47. The van der Waals surface area contributed by atoms with Gasteiger partial charge in [0, 0.05) is 25.2 Å². The third-order valence-corrected chi connectivity index (χ3v) is 7.45. The number of aliphatic hydroxyl groups is 2. The second-order valence-electron chi connectivity index (χ2n) is 10.00. The Labute approximate surface area is 206 Å². The first kappa shape index (κ1) is 23.0. The lowest BCUT2D eigenvalue weighted by molar-refractivity contribution is -0.0470. The topological polar surface area (TPSA) is 101 Å². The predicted molar refractivity (Wildman–Crippen MR) is 130 cm³/mol. The van der Waals surface area contributed by atoms with E-state index in [2.05, 4.69) is 0 Å². The number of carbonyl (C=O) groups is 1. The number of esters is 1. The van der Waals surface area contributed by atoms with E-state index in [-0.39, 0.29) is 60.7 Å². The summed E-state index contributed by atoms with van der Waals surface area (Å²) in [5.74, 6) is -1.09. The van der Waals surface area contributed by atoms with Crippen molar-refractivity contribution in [2.45, 2.75) is 50.0 Å². The molecule has 3 aliphatic rings. The Morgan fingerprint density at radius 2 is 2.00 bits per heavy atom. The van der Waals surface area contributed by atoms with Crippen molar-refractivity contribution in [3.8, 4) is 5.75 Å². The van der Waals surface area contributed by atoms with E-state index in [1.54, 1.807) is 0 Å². The van der Waals surface area contributed by atoms with Crippen molar-refractivity contribution < 1.29 is 28.9 Å². The van der Waals surface area contributed by atoms with Crippen LogP contribution in [0.4, 0.5) is 10.1 Å². The smallest absolute Gasteiger partial charge is 0.343 e. The van der Waals surface area contributed by atoms with Gasteiger partial charge in [0.2, 0.25) is 5.43 Å². The maximum Gasteiger partial charge on any atom is 0.343 e. The van der Waals surface area contributed by atoms with Gasteiger partial charge in [-0.25, -0.2) is 9.18 Å². The molecule has 2 N–H and O–H groups in total. The number of hydrogen-bond acceptors (Lipinski definition) is 7. The van der Waals surface area contributed by atoms with E-state index in [9.17, 15) is 19.8 Å². The molecular weight excluding hydrogens is 467 g/mol. The second-order valence-corrected chi connectivity index (χ2v) is 10.00. The molecule has 2 aromatic carbocycles. The van der Waals surface area contributed by atoms with E-state index in [1.165, 1.54) is 12.3 Å². The summed E-state index contributed by atoms with van der Waals surface area (Å²) >= 11 is 0. The maximum absolute atomic E-state index is 15.6. The molecule has 3 aromatic rings. The first-order valence-electron chi connectivity index (χ1n) is 12.2. The van der Waals surface area contributed by atoms with Crippen LogP contribution in [0.15, 0.2) is 47.4 Å². The number of piperidine rings is 1. The van der Waals surface area contributed by atoms with Gasteiger partial charge in [-0.3, -0.25) is 4.79 Å². The van der Waals surface area contributed by atoms with E-state index < -0.39 is 22.8 Å². The molecule has 0 spiro atoms. The molecule has 36 heavy (non-hydrogen) atoms. The van der Waals surface area contributed by atoms with Gasteiger partial charge in [-0.15, -0.1) is 0 Å². The Kier molecular flexibility index (Phi) is 5.49. The van der Waals surface area contributed by atoms with Gasteiger partial charge in [0.1, 0.15) is 24.5 Å². The zero-order chi connectivity index (χ0) is 25.0. The molecule has 1 aliphatic carbocycles. The number of hydrogen-bond donors (Lipinski definition) is 2. The Morgan fingerprint density at radius 3 is 2.72 bits per heavy atom. The third-order valence-electron chi connectivity index (χ3n) is 7.45. The van der Waals surface area contributed by atoms with Crippen LogP contribution in [0.2, 0.25) is 0 Å². The number of aliphatic hydroxyl groups excluding tert-OH is 1. The number of aromatic nitrogens is 1. The van der Waals surface area contributed by atoms with E-state index in [1.807, 2.05) is 39.8 Å². The summed E-state index contributed by atoms with van der Waals surface area (Å²) in [6.45, 7) is 0.194. The van der Waals surface area contributed by atoms with Crippen LogP contribution in [-0.2, 0) is 11.3 Å². The van der Waals surface area contributed by atoms with Gasteiger partial charge in [-0.05, 0) is 30.9 Å². The fraction of sp³-hybridized carbons (Fsp3) is 0.407. The molecule has 188 valence electrons. The lowest BCUT2D eigenvalue weighted by Crippen LogP contribution is -2.56. The number of fused-ring (bicyclic) bond motifs is 5. The van der Waals surface area contributed by atoms with Gasteiger partial charge >= 0.3 is 5.97 Å². The summed E-state index contributed by atoms with van der Waals surface area (Å²) in [4.78, 5) is 28.2. The molecule has 1 saturated heterocycles. The number of carbonyl (C=O) groups excluding carboxylic acids is 1. The van der Waals surface area contributed by atoms with E-state index in [4.69, 9.17) is 9.47 Å². The molecule has 1 unspecified atom stereocenters. The van der Waals surface area contributed by atoms with Crippen LogP contribution in [-0.4, -0.2) is 52.2 Å². The van der Waals surface area contributed by atoms with Gasteiger partial charge < -0.3 is 29.2 Å². The molecule has 2 fully saturated rings. The minimum Gasteiger partial charge on any atom is -0.487 e. The largest absolute Gasteiger partial charge is 0.487 e. The lowest BCUT2D eigenvalue weighted by atomic mass is 9.86. The van der Waals surface area contributed by atoms with Gasteiger partial charge in [-0.1, -0.05) is 30.3 Å². The van der Waals surface area contributed by atoms with Gasteiger partial charge in [0.05, 0.1) is 29.2 Å². The van der Waals surface area contributed by atoms with Gasteiger partial charge in [0.15, 0.2) is 11.6 Å². The Morgan fingerprint density at radius 1 is 1.22 bits per heavy atom. The van der Waals surface area contributed by atoms with Crippen molar-refractivity contribution >= 4 is 22.6 Å². The average molecular weight is 495 g/mol. The SMILES string of the molecule is O=C(OCc1ccccc1)c1cn(C2CC2)c2c3c(c(F)cc2c1=O)N1CCC(O)(CO)C[C@@H]1CO3. The molecule has 3 heterocycles. The van der Waals surface area contributed by atoms with Crippen LogP contribution < -0.4 is 15.1 Å². The minimum atomic E-state index is -1.22. The molecule has 0 bridgehead atoms. The molecule has 2 aliphatic heterocycles. The first-order chi connectivity index (χ1) is 17.4. The average Bonchev–Trinajstić information content (AvgIpc) is 3.73. The number of nitrogens with zero attached hydrogens (tertiary/aromatic N) is 2. The number of ether oxygens (including phenoxy) is 2.